The van der Waals surface area contributed by atoms with E-state index in [0.29, 0.717) is 29.6 Å². The maximum atomic E-state index is 14.5. The van der Waals surface area contributed by atoms with E-state index < -0.39 is 11.6 Å². The first kappa shape index (κ1) is 18.4. The quantitative estimate of drug-likeness (QED) is 0.431. The number of methoxy groups -OCH3 is 1. The van der Waals surface area contributed by atoms with Crippen LogP contribution < -0.4 is 10.5 Å². The van der Waals surface area contributed by atoms with Crippen LogP contribution in [0.25, 0.3) is 32.9 Å². The van der Waals surface area contributed by atoms with Crippen LogP contribution in [-0.4, -0.2) is 18.6 Å². The number of benzene rings is 3. The Morgan fingerprint density at radius 1 is 1.00 bits per heavy atom. The minimum Gasteiger partial charge on any atom is -0.495 e. The zero-order valence-electron chi connectivity index (χ0n) is 15.7. The van der Waals surface area contributed by atoms with Gasteiger partial charge in [0.2, 0.25) is 0 Å². The highest BCUT2D eigenvalue weighted by molar-refractivity contribution is 5.98. The molecule has 0 unspecified atom stereocenters. The van der Waals surface area contributed by atoms with E-state index in [0.717, 1.165) is 46.5 Å². The summed E-state index contributed by atoms with van der Waals surface area (Å²) in [6.45, 7) is 0.583. The summed E-state index contributed by atoms with van der Waals surface area (Å²) in [7, 11) is 1.63. The molecule has 1 heterocycles. The minimum absolute atomic E-state index is 0.314. The van der Waals surface area contributed by atoms with Crippen molar-refractivity contribution in [2.75, 3.05) is 13.7 Å². The lowest BCUT2D eigenvalue weighted by Gasteiger charge is -2.13. The summed E-state index contributed by atoms with van der Waals surface area (Å²) in [5, 5.41) is 2.60. The molecule has 3 N–H and O–H groups in total. The molecule has 28 heavy (non-hydrogen) atoms. The van der Waals surface area contributed by atoms with Crippen LogP contribution in [0.15, 0.2) is 48.5 Å². The van der Waals surface area contributed by atoms with E-state index in [-0.39, 0.29) is 0 Å². The van der Waals surface area contributed by atoms with Gasteiger partial charge in [-0.05, 0) is 48.9 Å². The third-order valence-electron chi connectivity index (χ3n) is 5.17. The molecule has 1 aromatic heterocycles. The second-order valence-electron chi connectivity index (χ2n) is 6.90. The van der Waals surface area contributed by atoms with Crippen LogP contribution in [0.1, 0.15) is 18.4 Å². The van der Waals surface area contributed by atoms with Gasteiger partial charge in [0.25, 0.3) is 0 Å². The van der Waals surface area contributed by atoms with Crippen molar-refractivity contribution in [3.05, 3.63) is 65.7 Å². The first-order valence-corrected chi connectivity index (χ1v) is 9.39. The standard InChI is InChI=1S/C23H22F2N2O/c1-28-23-16-7-3-2-6-14(16)9-10-18(23)21-17(8-4-5-11-26)19-12-15(24)13-20(25)22(19)27-21/h2-3,6-7,9-10,12-13,27H,4-5,8,11,26H2,1H3. The Bertz CT molecular complexity index is 1150. The average Bonchev–Trinajstić information content (AvgIpc) is 3.06. The maximum absolute atomic E-state index is 14.5. The Hall–Kier alpha value is -2.92. The molecular formula is C23H22F2N2O. The number of unbranched alkanes of at least 4 members (excludes halogenated alkanes) is 1. The highest BCUT2D eigenvalue weighted by Gasteiger charge is 2.20. The molecule has 0 aliphatic carbocycles. The zero-order chi connectivity index (χ0) is 19.7. The van der Waals surface area contributed by atoms with Gasteiger partial charge in [-0.3, -0.25) is 0 Å². The number of fused-ring (bicyclic) bond motifs is 2. The van der Waals surface area contributed by atoms with Crippen molar-refractivity contribution in [1.82, 2.24) is 4.98 Å². The molecule has 0 saturated heterocycles. The molecule has 4 rings (SSSR count). The normalized spacial score (nSPS) is 11.4. The van der Waals surface area contributed by atoms with Crippen LogP contribution >= 0.6 is 0 Å². The summed E-state index contributed by atoms with van der Waals surface area (Å²) in [6, 6.07) is 14.2. The minimum atomic E-state index is -0.596. The van der Waals surface area contributed by atoms with E-state index in [1.807, 2.05) is 36.4 Å². The predicted molar refractivity (Wildman–Crippen MR) is 110 cm³/mol. The van der Waals surface area contributed by atoms with E-state index in [9.17, 15) is 8.78 Å². The lowest BCUT2D eigenvalue weighted by molar-refractivity contribution is 0.421. The van der Waals surface area contributed by atoms with Crippen molar-refractivity contribution in [3.8, 4) is 17.0 Å². The van der Waals surface area contributed by atoms with Crippen LogP contribution in [0.4, 0.5) is 8.78 Å². The van der Waals surface area contributed by atoms with Crippen molar-refractivity contribution in [1.29, 1.82) is 0 Å². The second kappa shape index (κ2) is 7.60. The smallest absolute Gasteiger partial charge is 0.150 e. The molecular weight excluding hydrogens is 358 g/mol. The van der Waals surface area contributed by atoms with Gasteiger partial charge in [-0.15, -0.1) is 0 Å². The van der Waals surface area contributed by atoms with Gasteiger partial charge in [-0.25, -0.2) is 8.78 Å². The fourth-order valence-electron chi connectivity index (χ4n) is 3.87. The number of aromatic amines is 1. The molecule has 144 valence electrons. The third kappa shape index (κ3) is 3.12. The number of aromatic nitrogens is 1. The first-order chi connectivity index (χ1) is 13.6. The molecule has 0 spiro atoms. The largest absolute Gasteiger partial charge is 0.495 e. The average molecular weight is 380 g/mol. The monoisotopic (exact) mass is 380 g/mol. The molecule has 0 atom stereocenters. The summed E-state index contributed by atoms with van der Waals surface area (Å²) >= 11 is 0. The van der Waals surface area contributed by atoms with Crippen molar-refractivity contribution in [2.24, 2.45) is 5.73 Å². The number of rotatable bonds is 6. The van der Waals surface area contributed by atoms with Gasteiger partial charge < -0.3 is 15.5 Å². The Morgan fingerprint density at radius 3 is 2.61 bits per heavy atom. The van der Waals surface area contributed by atoms with Gasteiger partial charge in [0, 0.05) is 22.4 Å². The Kier molecular flexibility index (Phi) is 5.01. The van der Waals surface area contributed by atoms with Gasteiger partial charge in [-0.1, -0.05) is 30.3 Å². The molecule has 0 radical (unpaired) electrons. The fourth-order valence-corrected chi connectivity index (χ4v) is 3.87. The summed E-state index contributed by atoms with van der Waals surface area (Å²) in [5.41, 5.74) is 8.43. The van der Waals surface area contributed by atoms with Crippen LogP contribution in [0, 0.1) is 11.6 Å². The lowest BCUT2D eigenvalue weighted by atomic mass is 9.97. The lowest BCUT2D eigenvalue weighted by Crippen LogP contribution is -1.99. The predicted octanol–water partition coefficient (Wildman–Crippen LogP) is 5.56. The number of hydrogen-bond donors (Lipinski definition) is 2. The molecule has 3 aromatic carbocycles. The number of H-pyrrole nitrogens is 1. The van der Waals surface area contributed by atoms with Gasteiger partial charge in [0.05, 0.1) is 18.3 Å². The molecule has 0 aliphatic heterocycles. The van der Waals surface area contributed by atoms with E-state index >= 15 is 0 Å². The highest BCUT2D eigenvalue weighted by atomic mass is 19.1. The Morgan fingerprint density at radius 2 is 1.82 bits per heavy atom. The SMILES string of the molecule is COc1c(-c2[nH]c3c(F)cc(F)cc3c2CCCCN)ccc2ccccc12. The first-order valence-electron chi connectivity index (χ1n) is 9.39. The van der Waals surface area contributed by atoms with E-state index in [1.54, 1.807) is 7.11 Å². The van der Waals surface area contributed by atoms with E-state index in [4.69, 9.17) is 10.5 Å². The number of ether oxygens (including phenoxy) is 1. The summed E-state index contributed by atoms with van der Waals surface area (Å²) in [6.07, 6.45) is 2.36. The second-order valence-corrected chi connectivity index (χ2v) is 6.90. The number of aryl methyl sites for hydroxylation is 1. The van der Waals surface area contributed by atoms with E-state index in [2.05, 4.69) is 4.98 Å². The maximum Gasteiger partial charge on any atom is 0.150 e. The van der Waals surface area contributed by atoms with Gasteiger partial charge in [0.1, 0.15) is 17.4 Å². The van der Waals surface area contributed by atoms with Crippen LogP contribution in [0.2, 0.25) is 0 Å². The Labute approximate surface area is 162 Å². The fraction of sp³-hybridized carbons (Fsp3) is 0.217. The van der Waals surface area contributed by atoms with Crippen molar-refractivity contribution < 1.29 is 13.5 Å². The third-order valence-corrected chi connectivity index (χ3v) is 5.17. The molecule has 0 saturated carbocycles. The Balaban J connectivity index is 1.99. The van der Waals surface area contributed by atoms with Gasteiger partial charge in [-0.2, -0.15) is 0 Å². The highest BCUT2D eigenvalue weighted by Crippen LogP contribution is 2.41. The van der Waals surface area contributed by atoms with Crippen LogP contribution in [-0.2, 0) is 6.42 Å². The van der Waals surface area contributed by atoms with Crippen LogP contribution in [0.5, 0.6) is 5.75 Å². The molecule has 4 aromatic rings. The number of nitrogens with two attached hydrogens (primary N) is 1. The number of halogens is 2. The molecule has 0 fully saturated rings. The zero-order valence-corrected chi connectivity index (χ0v) is 15.7. The van der Waals surface area contributed by atoms with Crippen LogP contribution in [0.3, 0.4) is 0 Å². The van der Waals surface area contributed by atoms with Crippen molar-refractivity contribution >= 4 is 21.7 Å². The summed E-state index contributed by atoms with van der Waals surface area (Å²) < 4.78 is 34.1. The number of nitrogens with one attached hydrogen (secondary N) is 1. The summed E-state index contributed by atoms with van der Waals surface area (Å²) in [4.78, 5) is 3.19. The van der Waals surface area contributed by atoms with Crippen molar-refractivity contribution in [3.63, 3.8) is 0 Å². The molecule has 0 aliphatic rings. The van der Waals surface area contributed by atoms with Gasteiger partial charge >= 0.3 is 0 Å². The number of hydrogen-bond acceptors (Lipinski definition) is 2. The molecule has 3 nitrogen and oxygen atoms in total. The molecule has 0 bridgehead atoms. The topological polar surface area (TPSA) is 51.0 Å². The summed E-state index contributed by atoms with van der Waals surface area (Å²) in [5.74, 6) is -0.465. The van der Waals surface area contributed by atoms with Gasteiger partial charge in [0.15, 0.2) is 0 Å². The van der Waals surface area contributed by atoms with E-state index in [1.165, 1.54) is 6.07 Å². The molecule has 0 amide bonds. The molecule has 5 heteroatoms. The van der Waals surface area contributed by atoms with Crippen molar-refractivity contribution in [2.45, 2.75) is 19.3 Å².